The third-order valence-corrected chi connectivity index (χ3v) is 5.50. The second-order valence-electron chi connectivity index (χ2n) is 7.09. The molecule has 2 aromatic heterocycles. The largest absolute Gasteiger partial charge is 0.416 e. The van der Waals surface area contributed by atoms with Crippen LogP contribution in [-0.4, -0.2) is 14.8 Å². The monoisotopic (exact) mass is 351 g/mol. The van der Waals surface area contributed by atoms with Gasteiger partial charge in [-0.3, -0.25) is 0 Å². The summed E-state index contributed by atoms with van der Waals surface area (Å²) in [4.78, 5) is 0. The van der Waals surface area contributed by atoms with Crippen LogP contribution in [0.25, 0.3) is 44.6 Å². The van der Waals surface area contributed by atoms with Crippen LogP contribution in [0.1, 0.15) is 12.0 Å². The summed E-state index contributed by atoms with van der Waals surface area (Å²) in [6.45, 7) is 1.04. The highest BCUT2D eigenvalue weighted by Gasteiger charge is 2.20. The van der Waals surface area contributed by atoms with Gasteiger partial charge in [0, 0.05) is 23.7 Å². The summed E-state index contributed by atoms with van der Waals surface area (Å²) in [5.41, 5.74) is 4.70. The Morgan fingerprint density at radius 1 is 0.778 bits per heavy atom. The molecule has 0 N–H and O–H groups in total. The number of nitrogens with zero attached hydrogens (tertiary/aromatic N) is 3. The van der Waals surface area contributed by atoms with Gasteiger partial charge in [-0.05, 0) is 35.2 Å². The fourth-order valence-corrected chi connectivity index (χ4v) is 4.28. The number of benzene rings is 3. The molecule has 0 bridgehead atoms. The highest BCUT2D eigenvalue weighted by atomic mass is 16.4. The lowest BCUT2D eigenvalue weighted by molar-refractivity contribution is 0.584. The van der Waals surface area contributed by atoms with Crippen molar-refractivity contribution in [1.29, 1.82) is 0 Å². The quantitative estimate of drug-likeness (QED) is 0.424. The first-order valence-electron chi connectivity index (χ1n) is 9.31. The van der Waals surface area contributed by atoms with Crippen LogP contribution in [0.4, 0.5) is 0 Å². The maximum Gasteiger partial charge on any atom is 0.250 e. The first-order valence-corrected chi connectivity index (χ1v) is 9.31. The number of hydrogen-bond donors (Lipinski definition) is 0. The van der Waals surface area contributed by atoms with Crippen molar-refractivity contribution in [2.75, 3.05) is 0 Å². The minimum absolute atomic E-state index is 0.564. The van der Waals surface area contributed by atoms with Crippen molar-refractivity contribution in [1.82, 2.24) is 14.8 Å². The molecule has 27 heavy (non-hydrogen) atoms. The van der Waals surface area contributed by atoms with Crippen LogP contribution in [0.15, 0.2) is 71.3 Å². The third-order valence-electron chi connectivity index (χ3n) is 5.50. The zero-order valence-corrected chi connectivity index (χ0v) is 14.7. The maximum absolute atomic E-state index is 6.15. The fraction of sp³-hybridized carbons (Fsp3) is 0.130. The van der Waals surface area contributed by atoms with E-state index < -0.39 is 0 Å². The molecule has 0 saturated heterocycles. The van der Waals surface area contributed by atoms with Gasteiger partial charge in [0.25, 0.3) is 0 Å². The van der Waals surface area contributed by atoms with E-state index in [-0.39, 0.29) is 0 Å². The van der Waals surface area contributed by atoms with Gasteiger partial charge in [0.2, 0.25) is 11.8 Å². The Morgan fingerprint density at radius 2 is 1.56 bits per heavy atom. The van der Waals surface area contributed by atoms with Gasteiger partial charge in [-0.1, -0.05) is 54.6 Å². The van der Waals surface area contributed by atoms with Crippen molar-refractivity contribution in [3.8, 4) is 22.9 Å². The summed E-state index contributed by atoms with van der Waals surface area (Å²) in [6, 6.07) is 20.9. The Bertz CT molecular complexity index is 1310. The minimum Gasteiger partial charge on any atom is -0.416 e. The standard InChI is InChI=1S/C23H17N3O/c1-2-10-17-15(6-1)7-3-12-19(17)22-24-25-23(27-22)20-14-26-13-5-9-16-8-4-11-18(20)21(16)26/h1-4,6-8,10-12,14H,5,9,13H2. The maximum atomic E-state index is 6.15. The molecule has 0 aliphatic carbocycles. The highest BCUT2D eigenvalue weighted by Crippen LogP contribution is 2.36. The predicted octanol–water partition coefficient (Wildman–Crippen LogP) is 5.46. The molecule has 1 aliphatic heterocycles. The van der Waals surface area contributed by atoms with Crippen LogP contribution >= 0.6 is 0 Å². The smallest absolute Gasteiger partial charge is 0.250 e. The van der Waals surface area contributed by atoms with Gasteiger partial charge < -0.3 is 8.98 Å². The number of rotatable bonds is 2. The lowest BCUT2D eigenvalue weighted by Gasteiger charge is -2.14. The van der Waals surface area contributed by atoms with Gasteiger partial charge in [-0.2, -0.15) is 0 Å². The number of fused-ring (bicyclic) bond motifs is 1. The average Bonchev–Trinajstić information content (AvgIpc) is 3.34. The van der Waals surface area contributed by atoms with Gasteiger partial charge >= 0.3 is 0 Å². The van der Waals surface area contributed by atoms with Gasteiger partial charge in [0.15, 0.2) is 0 Å². The molecule has 5 aromatic rings. The number of aryl methyl sites for hydroxylation is 2. The highest BCUT2D eigenvalue weighted by molar-refractivity contribution is 5.97. The Hall–Kier alpha value is -3.40. The molecular weight excluding hydrogens is 334 g/mol. The van der Waals surface area contributed by atoms with E-state index in [0.717, 1.165) is 29.5 Å². The van der Waals surface area contributed by atoms with E-state index in [9.17, 15) is 0 Å². The second kappa shape index (κ2) is 5.55. The first-order chi connectivity index (χ1) is 13.4. The normalized spacial score (nSPS) is 13.5. The summed E-state index contributed by atoms with van der Waals surface area (Å²) in [5.74, 6) is 1.15. The number of aromatic nitrogens is 3. The van der Waals surface area contributed by atoms with E-state index in [2.05, 4.69) is 57.4 Å². The summed E-state index contributed by atoms with van der Waals surface area (Å²) < 4.78 is 8.48. The molecule has 0 radical (unpaired) electrons. The molecule has 4 nitrogen and oxygen atoms in total. The van der Waals surface area contributed by atoms with E-state index in [1.165, 1.54) is 28.3 Å². The molecule has 3 aromatic carbocycles. The Labute approximate surface area is 156 Å². The molecule has 0 unspecified atom stereocenters. The molecule has 0 spiro atoms. The first kappa shape index (κ1) is 14.7. The van der Waals surface area contributed by atoms with Crippen LogP contribution in [0.5, 0.6) is 0 Å². The Balaban J connectivity index is 1.53. The van der Waals surface area contributed by atoms with Crippen LogP contribution in [0.3, 0.4) is 0 Å². The molecule has 0 fully saturated rings. The van der Waals surface area contributed by atoms with Crippen LogP contribution < -0.4 is 0 Å². The predicted molar refractivity (Wildman–Crippen MR) is 106 cm³/mol. The SMILES string of the molecule is c1ccc2c(-c3nnc(-c4cn5c6c(cccc46)CCC5)o3)cccc2c1. The van der Waals surface area contributed by atoms with E-state index in [1.807, 2.05) is 24.3 Å². The zero-order valence-electron chi connectivity index (χ0n) is 14.7. The summed E-state index contributed by atoms with van der Waals surface area (Å²) in [5, 5.41) is 12.2. The summed E-state index contributed by atoms with van der Waals surface area (Å²) in [7, 11) is 0. The van der Waals surface area contributed by atoms with Crippen molar-refractivity contribution in [3.05, 3.63) is 72.4 Å². The summed E-state index contributed by atoms with van der Waals surface area (Å²) in [6.07, 6.45) is 4.46. The van der Waals surface area contributed by atoms with Gasteiger partial charge in [-0.25, -0.2) is 0 Å². The van der Waals surface area contributed by atoms with E-state index in [0.29, 0.717) is 11.8 Å². The minimum atomic E-state index is 0.564. The summed E-state index contributed by atoms with van der Waals surface area (Å²) >= 11 is 0. The average molecular weight is 351 g/mol. The topological polar surface area (TPSA) is 43.9 Å². The number of hydrogen-bond acceptors (Lipinski definition) is 3. The Kier molecular flexibility index (Phi) is 3.03. The van der Waals surface area contributed by atoms with Crippen molar-refractivity contribution < 1.29 is 4.42 Å². The lowest BCUT2D eigenvalue weighted by atomic mass is 10.0. The Morgan fingerprint density at radius 3 is 2.52 bits per heavy atom. The third kappa shape index (κ3) is 2.16. The molecule has 0 saturated carbocycles. The van der Waals surface area contributed by atoms with Crippen LogP contribution in [-0.2, 0) is 13.0 Å². The van der Waals surface area contributed by atoms with Crippen molar-refractivity contribution in [3.63, 3.8) is 0 Å². The molecule has 0 atom stereocenters. The van der Waals surface area contributed by atoms with Crippen molar-refractivity contribution >= 4 is 21.7 Å². The van der Waals surface area contributed by atoms with Gasteiger partial charge in [0.1, 0.15) is 0 Å². The van der Waals surface area contributed by atoms with E-state index >= 15 is 0 Å². The van der Waals surface area contributed by atoms with Crippen molar-refractivity contribution in [2.45, 2.75) is 19.4 Å². The van der Waals surface area contributed by atoms with E-state index in [4.69, 9.17) is 4.42 Å². The van der Waals surface area contributed by atoms with Crippen LogP contribution in [0, 0.1) is 0 Å². The lowest BCUT2D eigenvalue weighted by Crippen LogP contribution is -2.05. The second-order valence-corrected chi connectivity index (χ2v) is 7.09. The van der Waals surface area contributed by atoms with E-state index in [1.54, 1.807) is 0 Å². The molecule has 130 valence electrons. The molecule has 4 heteroatoms. The molecule has 6 rings (SSSR count). The molecular formula is C23H17N3O. The van der Waals surface area contributed by atoms with Gasteiger partial charge in [0.05, 0.1) is 11.1 Å². The number of para-hydroxylation sites is 1. The molecule has 0 amide bonds. The van der Waals surface area contributed by atoms with Crippen LogP contribution in [0.2, 0.25) is 0 Å². The molecule has 3 heterocycles. The van der Waals surface area contributed by atoms with Gasteiger partial charge in [-0.15, -0.1) is 10.2 Å². The fourth-order valence-electron chi connectivity index (χ4n) is 4.28. The zero-order chi connectivity index (χ0) is 17.8. The molecule has 1 aliphatic rings. The van der Waals surface area contributed by atoms with Crippen molar-refractivity contribution in [2.24, 2.45) is 0 Å².